The van der Waals surface area contributed by atoms with Gasteiger partial charge in [-0.15, -0.1) is 0 Å². The first-order chi connectivity index (χ1) is 16.8. The highest BCUT2D eigenvalue weighted by Gasteiger charge is 2.34. The van der Waals surface area contributed by atoms with Crippen molar-refractivity contribution in [2.75, 3.05) is 18.0 Å². The highest BCUT2D eigenvalue weighted by molar-refractivity contribution is 5.88. The molecule has 0 spiro atoms. The van der Waals surface area contributed by atoms with Gasteiger partial charge in [0, 0.05) is 50.5 Å². The van der Waals surface area contributed by atoms with Gasteiger partial charge in [0.2, 0.25) is 0 Å². The predicted molar refractivity (Wildman–Crippen MR) is 136 cm³/mol. The Morgan fingerprint density at radius 1 is 1.17 bits per heavy atom. The summed E-state index contributed by atoms with van der Waals surface area (Å²) in [7, 11) is 1.74. The van der Waals surface area contributed by atoms with E-state index >= 15 is 0 Å². The average molecular weight is 471 g/mol. The highest BCUT2D eigenvalue weighted by Crippen LogP contribution is 2.33. The number of aromatic nitrogens is 5. The number of hydrogen-bond acceptors (Lipinski definition) is 7. The van der Waals surface area contributed by atoms with E-state index in [0.29, 0.717) is 0 Å². The summed E-state index contributed by atoms with van der Waals surface area (Å²) in [5.74, 6) is 0. The topological polar surface area (TPSA) is 95.9 Å². The van der Waals surface area contributed by atoms with Crippen LogP contribution in [-0.2, 0) is 13.6 Å². The fraction of sp³-hybridized carbons (Fsp3) is 0.423. The second-order valence-corrected chi connectivity index (χ2v) is 9.63. The Morgan fingerprint density at radius 3 is 2.74 bits per heavy atom. The molecule has 1 fully saturated rings. The molecular weight excluding hydrogens is 440 g/mol. The smallest absolute Gasteiger partial charge is 0.252 e. The van der Waals surface area contributed by atoms with Crippen LogP contribution in [0.15, 0.2) is 41.5 Å². The molecule has 35 heavy (non-hydrogen) atoms. The highest BCUT2D eigenvalue weighted by atomic mass is 16.1. The van der Waals surface area contributed by atoms with Crippen molar-refractivity contribution in [3.63, 3.8) is 0 Å². The number of benzene rings is 1. The molecule has 1 aromatic carbocycles. The number of aryl methyl sites for hydroxylation is 2. The Hall–Kier alpha value is -3.77. The van der Waals surface area contributed by atoms with Gasteiger partial charge in [0.15, 0.2) is 0 Å². The minimum Gasteiger partial charge on any atom is -0.364 e. The molecule has 1 saturated heterocycles. The molecule has 4 aromatic rings. The fourth-order valence-electron chi connectivity index (χ4n) is 5.21. The normalized spacial score (nSPS) is 19.8. The first-order valence-electron chi connectivity index (χ1n) is 12.0. The Labute approximate surface area is 204 Å². The van der Waals surface area contributed by atoms with Gasteiger partial charge in [-0.2, -0.15) is 10.4 Å². The first kappa shape index (κ1) is 23.0. The summed E-state index contributed by atoms with van der Waals surface area (Å²) in [5, 5.41) is 13.8. The zero-order chi connectivity index (χ0) is 24.9. The van der Waals surface area contributed by atoms with Crippen LogP contribution < -0.4 is 10.5 Å². The number of piperazine rings is 1. The van der Waals surface area contributed by atoms with Crippen LogP contribution in [0.1, 0.15) is 38.1 Å². The number of pyridine rings is 1. The summed E-state index contributed by atoms with van der Waals surface area (Å²) in [5.41, 5.74) is 6.21. The number of rotatable bonds is 4. The number of nitrogens with zero attached hydrogens (tertiary/aromatic N) is 8. The molecule has 5 rings (SSSR count). The Bertz CT molecular complexity index is 1510. The molecule has 3 atom stereocenters. The van der Waals surface area contributed by atoms with Crippen LogP contribution in [0.4, 0.5) is 5.69 Å². The van der Waals surface area contributed by atoms with Gasteiger partial charge in [0.05, 0.1) is 40.2 Å². The van der Waals surface area contributed by atoms with Gasteiger partial charge in [0.25, 0.3) is 5.56 Å². The van der Waals surface area contributed by atoms with Crippen LogP contribution in [-0.4, -0.2) is 54.4 Å². The summed E-state index contributed by atoms with van der Waals surface area (Å²) in [4.78, 5) is 26.7. The van der Waals surface area contributed by atoms with Crippen molar-refractivity contribution in [3.05, 3.63) is 58.3 Å². The molecule has 0 aliphatic carbocycles. The number of anilines is 1. The Balaban J connectivity index is 1.45. The molecule has 0 saturated carbocycles. The molecule has 1 aliphatic heterocycles. The summed E-state index contributed by atoms with van der Waals surface area (Å²) in [6.45, 7) is 10.4. The van der Waals surface area contributed by atoms with Crippen molar-refractivity contribution in [1.29, 1.82) is 5.26 Å². The second-order valence-electron chi connectivity index (χ2n) is 9.63. The quantitative estimate of drug-likeness (QED) is 0.452. The molecular formula is C26H30N8O. The zero-order valence-electron chi connectivity index (χ0n) is 20.8. The van der Waals surface area contributed by atoms with Crippen molar-refractivity contribution in [2.45, 2.75) is 52.4 Å². The van der Waals surface area contributed by atoms with E-state index in [4.69, 9.17) is 5.26 Å². The van der Waals surface area contributed by atoms with Crippen molar-refractivity contribution in [1.82, 2.24) is 29.2 Å². The summed E-state index contributed by atoms with van der Waals surface area (Å²) in [6.07, 6.45) is 3.58. The third kappa shape index (κ3) is 4.04. The second kappa shape index (κ2) is 8.78. The van der Waals surface area contributed by atoms with Gasteiger partial charge in [-0.25, -0.2) is 4.98 Å². The standard InChI is InChI=1S/C26H30N8O/c1-16-12-28-21-7-6-20(10-22(21)29-16)19(4)33-13-18(3)34(14-17(33)2)23-11-25(35)31(5)24-15-32(9-8-27)30-26(23)24/h6-7,10-12,15,17-19H,9,13-14H2,1-5H3/t17-,18+,19?/m1/s1. The largest absolute Gasteiger partial charge is 0.364 e. The lowest BCUT2D eigenvalue weighted by molar-refractivity contribution is 0.119. The summed E-state index contributed by atoms with van der Waals surface area (Å²) < 4.78 is 3.20. The third-order valence-corrected chi connectivity index (χ3v) is 7.18. The zero-order valence-corrected chi connectivity index (χ0v) is 20.8. The maximum Gasteiger partial charge on any atom is 0.252 e. The molecule has 4 heterocycles. The van der Waals surface area contributed by atoms with Gasteiger partial charge in [-0.1, -0.05) is 6.07 Å². The SMILES string of the molecule is Cc1cnc2ccc(C(C)N3C[C@H](C)N(c4cc(=O)n(C)c5cn(CC#N)nc45)C[C@H]3C)cc2n1. The van der Waals surface area contributed by atoms with Crippen molar-refractivity contribution in [3.8, 4) is 6.07 Å². The van der Waals surface area contributed by atoms with Gasteiger partial charge >= 0.3 is 0 Å². The van der Waals surface area contributed by atoms with E-state index in [0.717, 1.165) is 46.5 Å². The molecule has 0 N–H and O–H groups in total. The lowest BCUT2D eigenvalue weighted by atomic mass is 9.99. The van der Waals surface area contributed by atoms with Gasteiger partial charge in [-0.3, -0.25) is 19.4 Å². The van der Waals surface area contributed by atoms with Crippen LogP contribution in [0, 0.1) is 18.3 Å². The van der Waals surface area contributed by atoms with Crippen molar-refractivity contribution < 1.29 is 0 Å². The van der Waals surface area contributed by atoms with Crippen molar-refractivity contribution in [2.24, 2.45) is 7.05 Å². The van der Waals surface area contributed by atoms with Crippen LogP contribution in [0.25, 0.3) is 22.1 Å². The van der Waals surface area contributed by atoms with E-state index in [9.17, 15) is 4.79 Å². The third-order valence-electron chi connectivity index (χ3n) is 7.18. The molecule has 0 bridgehead atoms. The molecule has 180 valence electrons. The van der Waals surface area contributed by atoms with Crippen LogP contribution >= 0.6 is 0 Å². The lowest BCUT2D eigenvalue weighted by Gasteiger charge is -2.47. The maximum atomic E-state index is 12.8. The average Bonchev–Trinajstić information content (AvgIpc) is 3.26. The van der Waals surface area contributed by atoms with E-state index in [1.165, 1.54) is 5.56 Å². The lowest BCUT2D eigenvalue weighted by Crippen LogP contribution is -2.57. The molecule has 9 heteroatoms. The molecule has 0 amide bonds. The molecule has 1 aliphatic rings. The minimum absolute atomic E-state index is 0.0766. The molecule has 3 aromatic heterocycles. The van der Waals surface area contributed by atoms with E-state index in [-0.39, 0.29) is 30.2 Å². The van der Waals surface area contributed by atoms with Gasteiger partial charge in [-0.05, 0) is 45.4 Å². The Kier molecular flexibility index (Phi) is 5.77. The van der Waals surface area contributed by atoms with Crippen LogP contribution in [0.2, 0.25) is 0 Å². The van der Waals surface area contributed by atoms with Crippen LogP contribution in [0.5, 0.6) is 0 Å². The van der Waals surface area contributed by atoms with E-state index in [2.05, 4.69) is 63.8 Å². The summed E-state index contributed by atoms with van der Waals surface area (Å²) in [6, 6.07) is 10.8. The predicted octanol–water partition coefficient (Wildman–Crippen LogP) is 3.17. The Morgan fingerprint density at radius 2 is 1.97 bits per heavy atom. The number of nitriles is 1. The monoisotopic (exact) mass is 470 g/mol. The molecule has 1 unspecified atom stereocenters. The number of fused-ring (bicyclic) bond motifs is 2. The van der Waals surface area contributed by atoms with E-state index in [1.54, 1.807) is 34.8 Å². The maximum absolute atomic E-state index is 12.8. The summed E-state index contributed by atoms with van der Waals surface area (Å²) >= 11 is 0. The van der Waals surface area contributed by atoms with Gasteiger partial charge in [0.1, 0.15) is 12.1 Å². The first-order valence-corrected chi connectivity index (χ1v) is 12.0. The molecule has 0 radical (unpaired) electrons. The fourth-order valence-corrected chi connectivity index (χ4v) is 5.21. The minimum atomic E-state index is -0.0766. The van der Waals surface area contributed by atoms with Crippen molar-refractivity contribution >= 4 is 27.8 Å². The molecule has 9 nitrogen and oxygen atoms in total. The van der Waals surface area contributed by atoms with E-state index in [1.807, 2.05) is 13.0 Å². The van der Waals surface area contributed by atoms with E-state index < -0.39 is 0 Å². The van der Waals surface area contributed by atoms with Gasteiger partial charge < -0.3 is 9.47 Å². The number of hydrogen-bond donors (Lipinski definition) is 0. The van der Waals surface area contributed by atoms with Crippen LogP contribution in [0.3, 0.4) is 0 Å².